The van der Waals surface area contributed by atoms with E-state index in [1.54, 1.807) is 99.8 Å². The van der Waals surface area contributed by atoms with Gasteiger partial charge in [-0.1, -0.05) is 408 Å². The number of ether oxygens (including phenoxy) is 4. The summed E-state index contributed by atoms with van der Waals surface area (Å²) in [6, 6.07) is 138. The molecular weight excluding hydrogens is 1650 g/mol. The Morgan fingerprint density at radius 3 is 0.934 bits per heavy atom. The molecular formula is C107H91Br2FN2O10. The van der Waals surface area contributed by atoms with Crippen LogP contribution in [0, 0.1) is 33.2 Å². The summed E-state index contributed by atoms with van der Waals surface area (Å²) in [5, 5.41) is 32.6. The third-order valence-corrected chi connectivity index (χ3v) is 22.4. The lowest BCUT2D eigenvalue weighted by Crippen LogP contribution is -2.48. The number of hydrogen-bond acceptors (Lipinski definition) is 11. The number of halogens is 3. The van der Waals surface area contributed by atoms with Crippen molar-refractivity contribution in [1.82, 2.24) is 0 Å². The van der Waals surface area contributed by atoms with Gasteiger partial charge in [0.05, 0.1) is 48.6 Å². The van der Waals surface area contributed by atoms with Crippen LogP contribution in [0.5, 0.6) is 0 Å². The fourth-order valence-corrected chi connectivity index (χ4v) is 16.2. The maximum atomic E-state index is 15.4. The molecule has 15 aromatic rings. The number of benzene rings is 15. The Morgan fingerprint density at radius 2 is 0.648 bits per heavy atom. The second kappa shape index (κ2) is 43.4. The number of non-ortho nitro benzene ring substituents is 1. The van der Waals surface area contributed by atoms with Crippen molar-refractivity contribution in [2.45, 2.75) is 47.7 Å². The molecule has 0 aromatic heterocycles. The molecule has 15 aromatic carbocycles. The van der Waals surface area contributed by atoms with Crippen LogP contribution >= 0.6 is 31.9 Å². The van der Waals surface area contributed by atoms with E-state index in [2.05, 4.69) is 147 Å². The van der Waals surface area contributed by atoms with Crippen molar-refractivity contribution in [3.05, 3.63) is 539 Å². The summed E-state index contributed by atoms with van der Waals surface area (Å²) in [6.07, 6.45) is 0.252. The van der Waals surface area contributed by atoms with Crippen LogP contribution in [-0.4, -0.2) is 55.4 Å². The third-order valence-electron chi connectivity index (χ3n) is 21.3. The van der Waals surface area contributed by atoms with Gasteiger partial charge in [0.15, 0.2) is 5.92 Å². The van der Waals surface area contributed by atoms with Crippen LogP contribution in [0.15, 0.2) is 440 Å². The molecule has 0 aliphatic rings. The highest BCUT2D eigenvalue weighted by Gasteiger charge is 2.54. The predicted molar refractivity (Wildman–Crippen MR) is 486 cm³/mol. The normalized spacial score (nSPS) is 11.1. The van der Waals surface area contributed by atoms with Gasteiger partial charge in [0.1, 0.15) is 22.4 Å². The number of nitro benzene ring substituents is 1. The van der Waals surface area contributed by atoms with E-state index in [-0.39, 0.29) is 36.9 Å². The Balaban J connectivity index is 0.000000150. The van der Waals surface area contributed by atoms with Crippen molar-refractivity contribution in [2.75, 3.05) is 27.4 Å². The van der Waals surface area contributed by atoms with Crippen molar-refractivity contribution in [2.24, 2.45) is 5.92 Å². The zero-order chi connectivity index (χ0) is 86.2. The van der Waals surface area contributed by atoms with Crippen molar-refractivity contribution in [3.63, 3.8) is 0 Å². The molecule has 0 unspecified atom stereocenters. The Hall–Kier alpha value is -13.6. The number of methoxy groups -OCH3 is 2. The van der Waals surface area contributed by atoms with Crippen molar-refractivity contribution in [1.29, 1.82) is 5.26 Å². The number of carbonyl (C=O) groups excluding carboxylic acids is 3. The Morgan fingerprint density at radius 1 is 0.385 bits per heavy atom. The number of nitro groups is 1. The maximum Gasteiger partial charge on any atom is 0.321 e. The quantitative estimate of drug-likeness (QED) is 0.0152. The van der Waals surface area contributed by atoms with Gasteiger partial charge in [-0.3, -0.25) is 24.5 Å². The summed E-state index contributed by atoms with van der Waals surface area (Å²) in [5.74, 6) is -3.75. The molecule has 0 atom stereocenters. The first kappa shape index (κ1) is 89.2. The molecule has 0 heterocycles. The van der Waals surface area contributed by atoms with Crippen molar-refractivity contribution in [3.8, 4) is 6.07 Å². The van der Waals surface area contributed by atoms with E-state index < -0.39 is 56.0 Å². The van der Waals surface area contributed by atoms with Gasteiger partial charge in [0.25, 0.3) is 5.69 Å². The summed E-state index contributed by atoms with van der Waals surface area (Å²) in [7, 11) is 3.21. The standard InChI is InChI=1S/C26H25FO4.C22H20O2.C20H14N2O2.C20H18O.C19H14Br2O/c1-3-30-24(28)23(25(29)31-4-2)26(19-13-7-5-8-14-19,20-15-9-6-10-16-20)21-17-11-12-18-22(21)27;1-24-21(23)17-22(18-11-5-2-6-12-18,19-13-7-3-8-14-19)20-15-9-4-10-16-20;21-15-20(16-7-3-1-4-8-16,17-9-5-2-6-10-17)18-11-13-19(14-12-18)22(23)24;1-21-20(17-11-5-2-6-12-17,18-13-7-3-8-14-18)19-15-9-4-10-16-19;20-17-10-6-15(7-11-17)19(22,14-4-2-1-3-5-14)16-8-12-18(21)13-9-16/h5-18,23H,3-4H2,1-2H3;2-16H,17H2,1H3;1-14H;2-16H,1H3;1-13,22H. The molecule has 0 aliphatic carbocycles. The summed E-state index contributed by atoms with van der Waals surface area (Å²) in [4.78, 5) is 49.4. The molecule has 0 fully saturated rings. The van der Waals surface area contributed by atoms with Gasteiger partial charge in [-0.2, -0.15) is 5.26 Å². The first-order chi connectivity index (χ1) is 59.5. The summed E-state index contributed by atoms with van der Waals surface area (Å²) < 4.78 is 39.2. The van der Waals surface area contributed by atoms with E-state index in [0.29, 0.717) is 16.7 Å². The Bertz CT molecular complexity index is 5460. The number of nitriles is 1. The molecule has 610 valence electrons. The minimum Gasteiger partial charge on any atom is -0.469 e. The number of aliphatic hydroxyl groups is 1. The van der Waals surface area contributed by atoms with E-state index >= 15 is 4.39 Å². The molecule has 0 amide bonds. The predicted octanol–water partition coefficient (Wildman–Crippen LogP) is 24.1. The zero-order valence-corrected chi connectivity index (χ0v) is 71.0. The average Bonchev–Trinajstić information content (AvgIpc) is 0.702. The topological polar surface area (TPSA) is 175 Å². The van der Waals surface area contributed by atoms with Gasteiger partial charge in [0.2, 0.25) is 0 Å². The van der Waals surface area contributed by atoms with Crippen LogP contribution in [0.1, 0.15) is 104 Å². The van der Waals surface area contributed by atoms with Crippen LogP contribution in [0.4, 0.5) is 10.1 Å². The van der Waals surface area contributed by atoms with Gasteiger partial charge in [-0.15, -0.1) is 0 Å². The molecule has 0 spiro atoms. The molecule has 15 rings (SSSR count). The first-order valence-electron chi connectivity index (χ1n) is 39.7. The number of nitrogens with zero attached hydrogens (tertiary/aromatic N) is 2. The molecule has 15 heteroatoms. The number of hydrogen-bond donors (Lipinski definition) is 1. The first-order valence-corrected chi connectivity index (χ1v) is 41.3. The van der Waals surface area contributed by atoms with Gasteiger partial charge in [-0.05, 0) is 134 Å². The number of esters is 3. The Labute approximate surface area is 729 Å². The molecule has 0 radical (unpaired) electrons. The van der Waals surface area contributed by atoms with E-state index in [4.69, 9.17) is 18.9 Å². The average molecular weight is 1740 g/mol. The van der Waals surface area contributed by atoms with Crippen LogP contribution < -0.4 is 0 Å². The van der Waals surface area contributed by atoms with Gasteiger partial charge in [-0.25, -0.2) is 4.39 Å². The lowest BCUT2D eigenvalue weighted by Gasteiger charge is -2.40. The lowest BCUT2D eigenvalue weighted by molar-refractivity contribution is -0.384. The highest BCUT2D eigenvalue weighted by molar-refractivity contribution is 9.10. The minimum absolute atomic E-state index is 0.00622. The number of rotatable bonds is 24. The largest absolute Gasteiger partial charge is 0.469 e. The Kier molecular flexibility index (Phi) is 31.7. The van der Waals surface area contributed by atoms with Crippen LogP contribution in [0.3, 0.4) is 0 Å². The smallest absolute Gasteiger partial charge is 0.321 e. The van der Waals surface area contributed by atoms with Crippen molar-refractivity contribution < 1.29 is 47.8 Å². The summed E-state index contributed by atoms with van der Waals surface area (Å²) in [5.41, 5.74) is 8.02. The molecule has 0 saturated heterocycles. The lowest BCUT2D eigenvalue weighted by atomic mass is 9.61. The summed E-state index contributed by atoms with van der Waals surface area (Å²) >= 11 is 6.89. The van der Waals surface area contributed by atoms with Crippen LogP contribution in [0.25, 0.3) is 0 Å². The summed E-state index contributed by atoms with van der Waals surface area (Å²) in [6.45, 7) is 3.48. The fraction of sp³-hybridized carbons (Fsp3) is 0.121. The molecule has 122 heavy (non-hydrogen) atoms. The fourth-order valence-electron chi connectivity index (χ4n) is 15.7. The van der Waals surface area contributed by atoms with E-state index in [1.165, 1.54) is 25.3 Å². The molecule has 0 bridgehead atoms. The highest BCUT2D eigenvalue weighted by atomic mass is 79.9. The van der Waals surface area contributed by atoms with E-state index in [9.17, 15) is 34.9 Å². The SMILES string of the molecule is CCOC(=O)C(C(=O)OCC)C(c1ccccc1)(c1ccccc1)c1ccccc1F.COC(=O)CC(c1ccccc1)(c1ccccc1)c1ccccc1.COC(c1ccccc1)(c1ccccc1)c1ccccc1.N#CC(c1ccccc1)(c1ccccc1)c1ccc([N+](=O)[O-])cc1.OC(c1ccccc1)(c1ccc(Br)cc1)c1ccc(Br)cc1. The van der Waals surface area contributed by atoms with Gasteiger partial charge >= 0.3 is 17.9 Å². The second-order valence-corrected chi connectivity index (χ2v) is 30.0. The van der Waals surface area contributed by atoms with Crippen LogP contribution in [0.2, 0.25) is 0 Å². The maximum absolute atomic E-state index is 15.4. The van der Waals surface area contributed by atoms with Crippen LogP contribution in [-0.2, 0) is 60.8 Å². The zero-order valence-electron chi connectivity index (χ0n) is 67.8. The van der Waals surface area contributed by atoms with Gasteiger partial charge < -0.3 is 24.1 Å². The van der Waals surface area contributed by atoms with E-state index in [0.717, 1.165) is 70.1 Å². The highest BCUT2D eigenvalue weighted by Crippen LogP contribution is 2.49. The van der Waals surface area contributed by atoms with E-state index in [1.807, 2.05) is 224 Å². The number of carbonyl (C=O) groups is 3. The molecule has 0 aliphatic heterocycles. The second-order valence-electron chi connectivity index (χ2n) is 28.2. The molecule has 12 nitrogen and oxygen atoms in total. The minimum atomic E-state index is -1.49. The molecule has 0 saturated carbocycles. The van der Waals surface area contributed by atoms with Crippen molar-refractivity contribution >= 4 is 55.5 Å². The molecule has 1 N–H and O–H groups in total. The van der Waals surface area contributed by atoms with Gasteiger partial charge in [0, 0.05) is 33.8 Å². The third kappa shape index (κ3) is 20.1. The monoisotopic (exact) mass is 1740 g/mol.